The summed E-state index contributed by atoms with van der Waals surface area (Å²) >= 11 is 0. The first-order chi connectivity index (χ1) is 10.7. The summed E-state index contributed by atoms with van der Waals surface area (Å²) in [6.07, 6.45) is 0. The minimum absolute atomic E-state index is 0. The SMILES string of the molecule is CCNCC.O=S(=O)(O)O.OCC[N+](CCO)(CCO)CCO.[Co]. The van der Waals surface area contributed by atoms with Crippen LogP contribution in [-0.2, 0) is 27.2 Å². The molecular formula is C12H33CoN2O8S+. The van der Waals surface area contributed by atoms with E-state index in [-0.39, 0.29) is 43.2 Å². The molecule has 0 unspecified atom stereocenters. The summed E-state index contributed by atoms with van der Waals surface area (Å²) in [6, 6.07) is 0. The van der Waals surface area contributed by atoms with Gasteiger partial charge >= 0.3 is 10.4 Å². The molecule has 0 aliphatic rings. The van der Waals surface area contributed by atoms with Crippen molar-refractivity contribution in [3.05, 3.63) is 0 Å². The summed E-state index contributed by atoms with van der Waals surface area (Å²) in [5.41, 5.74) is 0. The van der Waals surface area contributed by atoms with Crippen LogP contribution in [0.25, 0.3) is 0 Å². The molecule has 0 aromatic heterocycles. The molecule has 0 amide bonds. The summed E-state index contributed by atoms with van der Waals surface area (Å²) in [5.74, 6) is 0. The standard InChI is InChI=1S/C8H20NO4.C4H11N.Co.H2O4S/c10-5-1-9(2-6-11,3-7-12)4-8-13;1-3-5-4-2;;1-5(2,3)4/h10-13H,1-8H2;5H,3-4H2,1-2H3;;(H2,1,2,3,4)/q+1;;;. The zero-order chi connectivity index (χ0) is 18.8. The fraction of sp³-hybridized carbons (Fsp3) is 1.00. The zero-order valence-electron chi connectivity index (χ0n) is 14.3. The molecule has 1 radical (unpaired) electrons. The maximum absolute atomic E-state index is 8.82. The Bertz CT molecular complexity index is 294. The first-order valence-electron chi connectivity index (χ1n) is 7.35. The second-order valence-corrected chi connectivity index (χ2v) is 5.43. The Balaban J connectivity index is -0.000000151. The fourth-order valence-electron chi connectivity index (χ4n) is 1.77. The number of nitrogens with zero attached hydrogens (tertiary/aromatic N) is 1. The van der Waals surface area contributed by atoms with Crippen LogP contribution in [0.2, 0.25) is 0 Å². The number of aliphatic hydroxyl groups is 4. The van der Waals surface area contributed by atoms with Crippen molar-refractivity contribution in [3.63, 3.8) is 0 Å². The number of rotatable bonds is 10. The number of nitrogens with one attached hydrogen (secondary N) is 1. The van der Waals surface area contributed by atoms with Gasteiger partial charge in [-0.15, -0.1) is 0 Å². The van der Waals surface area contributed by atoms with Crippen molar-refractivity contribution >= 4 is 10.4 Å². The second kappa shape index (κ2) is 21.2. The first kappa shape index (κ1) is 31.9. The van der Waals surface area contributed by atoms with Crippen LogP contribution in [0, 0.1) is 0 Å². The van der Waals surface area contributed by atoms with E-state index in [0.29, 0.717) is 30.7 Å². The number of aliphatic hydroxyl groups excluding tert-OH is 4. The average molecular weight is 424 g/mol. The number of quaternary nitrogens is 1. The molecule has 0 spiro atoms. The van der Waals surface area contributed by atoms with Crippen molar-refractivity contribution in [2.24, 2.45) is 0 Å². The van der Waals surface area contributed by atoms with Crippen LogP contribution in [0.5, 0.6) is 0 Å². The van der Waals surface area contributed by atoms with E-state index in [1.54, 1.807) is 0 Å². The molecule has 10 nitrogen and oxygen atoms in total. The Morgan fingerprint density at radius 3 is 1.04 bits per heavy atom. The molecule has 0 saturated heterocycles. The van der Waals surface area contributed by atoms with Crippen molar-refractivity contribution < 1.29 is 59.2 Å². The van der Waals surface area contributed by atoms with E-state index < -0.39 is 10.4 Å². The molecule has 0 fully saturated rings. The van der Waals surface area contributed by atoms with Gasteiger partial charge in [-0.3, -0.25) is 9.11 Å². The van der Waals surface area contributed by atoms with Crippen molar-refractivity contribution in [1.29, 1.82) is 0 Å². The summed E-state index contributed by atoms with van der Waals surface area (Å²) in [7, 11) is -4.67. The van der Waals surface area contributed by atoms with E-state index in [2.05, 4.69) is 19.2 Å². The molecule has 7 N–H and O–H groups in total. The molecule has 0 aromatic carbocycles. The normalized spacial score (nSPS) is 10.7. The molecule has 0 aromatic rings. The van der Waals surface area contributed by atoms with Gasteiger partial charge in [0, 0.05) is 16.8 Å². The molecule has 0 saturated carbocycles. The second-order valence-electron chi connectivity index (χ2n) is 4.54. The molecule has 0 rings (SSSR count). The predicted molar refractivity (Wildman–Crippen MR) is 86.5 cm³/mol. The quantitative estimate of drug-likeness (QED) is 0.151. The largest absolute Gasteiger partial charge is 0.394 e. The first-order valence-corrected chi connectivity index (χ1v) is 8.75. The molecular weight excluding hydrogens is 391 g/mol. The minimum atomic E-state index is -4.67. The number of hydrogen-bond donors (Lipinski definition) is 7. The van der Waals surface area contributed by atoms with Gasteiger partial charge in [0.2, 0.25) is 0 Å². The third-order valence-corrected chi connectivity index (χ3v) is 2.80. The maximum Gasteiger partial charge on any atom is 0.394 e. The van der Waals surface area contributed by atoms with Gasteiger partial charge in [-0.2, -0.15) is 8.42 Å². The Hall–Kier alpha value is 0.136. The van der Waals surface area contributed by atoms with Gasteiger partial charge < -0.3 is 30.2 Å². The minimum Gasteiger partial charge on any atom is -0.391 e. The Kier molecular flexibility index (Phi) is 28.1. The van der Waals surface area contributed by atoms with Crippen LogP contribution in [0.4, 0.5) is 0 Å². The van der Waals surface area contributed by atoms with Crippen LogP contribution in [0.1, 0.15) is 13.8 Å². The molecule has 0 aliphatic carbocycles. The molecule has 0 heterocycles. The zero-order valence-corrected chi connectivity index (χ0v) is 16.1. The van der Waals surface area contributed by atoms with Crippen molar-refractivity contribution in [3.8, 4) is 0 Å². The van der Waals surface area contributed by atoms with E-state index in [0.717, 1.165) is 13.1 Å². The van der Waals surface area contributed by atoms with Crippen LogP contribution in [0.15, 0.2) is 0 Å². The third-order valence-electron chi connectivity index (χ3n) is 2.80. The van der Waals surface area contributed by atoms with Crippen molar-refractivity contribution in [1.82, 2.24) is 5.32 Å². The van der Waals surface area contributed by atoms with E-state index >= 15 is 0 Å². The van der Waals surface area contributed by atoms with Gasteiger partial charge in [0.05, 0.1) is 26.4 Å². The monoisotopic (exact) mass is 424 g/mol. The molecule has 24 heavy (non-hydrogen) atoms. The van der Waals surface area contributed by atoms with Gasteiger partial charge in [0.1, 0.15) is 26.2 Å². The Labute approximate surface area is 154 Å². The molecule has 0 aliphatic heterocycles. The van der Waals surface area contributed by atoms with Gasteiger partial charge in [0.25, 0.3) is 0 Å². The molecule has 12 heteroatoms. The van der Waals surface area contributed by atoms with E-state index in [1.807, 2.05) is 0 Å². The topological polar surface area (TPSA) is 168 Å². The summed E-state index contributed by atoms with van der Waals surface area (Å²) in [4.78, 5) is 0. The predicted octanol–water partition coefficient (Wildman–Crippen LogP) is -2.27. The van der Waals surface area contributed by atoms with Crippen molar-refractivity contribution in [2.75, 3.05) is 65.7 Å². The van der Waals surface area contributed by atoms with E-state index in [9.17, 15) is 0 Å². The van der Waals surface area contributed by atoms with Crippen LogP contribution in [0.3, 0.4) is 0 Å². The smallest absolute Gasteiger partial charge is 0.391 e. The molecule has 0 atom stereocenters. The van der Waals surface area contributed by atoms with E-state index in [4.69, 9.17) is 37.9 Å². The molecule has 0 bridgehead atoms. The van der Waals surface area contributed by atoms with Gasteiger partial charge in [-0.1, -0.05) is 13.8 Å². The fourth-order valence-corrected chi connectivity index (χ4v) is 1.77. The third kappa shape index (κ3) is 30.1. The molecule has 153 valence electrons. The average Bonchev–Trinajstić information content (AvgIpc) is 2.39. The number of hydrogen-bond acceptors (Lipinski definition) is 7. The van der Waals surface area contributed by atoms with Gasteiger partial charge in [0.15, 0.2) is 0 Å². The maximum atomic E-state index is 8.82. The van der Waals surface area contributed by atoms with E-state index in [1.165, 1.54) is 0 Å². The summed E-state index contributed by atoms with van der Waals surface area (Å²) in [6.45, 7) is 8.23. The Morgan fingerprint density at radius 2 is 0.958 bits per heavy atom. The summed E-state index contributed by atoms with van der Waals surface area (Å²) < 4.78 is 32.0. The van der Waals surface area contributed by atoms with Gasteiger partial charge in [-0.05, 0) is 13.1 Å². The van der Waals surface area contributed by atoms with Gasteiger partial charge in [-0.25, -0.2) is 0 Å². The Morgan fingerprint density at radius 1 is 0.750 bits per heavy atom. The summed E-state index contributed by atoms with van der Waals surface area (Å²) in [5, 5.41) is 38.4. The van der Waals surface area contributed by atoms with Crippen molar-refractivity contribution in [2.45, 2.75) is 13.8 Å². The van der Waals surface area contributed by atoms with Crippen LogP contribution >= 0.6 is 0 Å². The van der Waals surface area contributed by atoms with Crippen LogP contribution in [-0.4, -0.2) is 108 Å². The van der Waals surface area contributed by atoms with Crippen LogP contribution < -0.4 is 5.32 Å².